The minimum Gasteiger partial charge on any atom is -0.396 e. The molecule has 0 radical (unpaired) electrons. The van der Waals surface area contributed by atoms with Crippen LogP contribution >= 0.6 is 0 Å². The summed E-state index contributed by atoms with van der Waals surface area (Å²) in [5.74, 6) is 0.307. The topological polar surface area (TPSA) is 41.5 Å². The fourth-order valence-electron chi connectivity index (χ4n) is 0.927. The summed E-state index contributed by atoms with van der Waals surface area (Å²) < 4.78 is 5.05. The van der Waals surface area contributed by atoms with E-state index in [0.29, 0.717) is 12.5 Å². The summed E-state index contributed by atoms with van der Waals surface area (Å²) >= 11 is 0. The molecule has 0 aromatic heterocycles. The number of aliphatic hydroxyl groups excluding tert-OH is 1. The summed E-state index contributed by atoms with van der Waals surface area (Å²) in [4.78, 5) is 0. The van der Waals surface area contributed by atoms with E-state index < -0.39 is 0 Å². The van der Waals surface area contributed by atoms with Crippen molar-refractivity contribution in [3.8, 4) is 0 Å². The van der Waals surface area contributed by atoms with E-state index in [1.807, 2.05) is 6.92 Å². The number of hydrogen-bond acceptors (Lipinski definition) is 3. The van der Waals surface area contributed by atoms with Crippen molar-refractivity contribution in [3.63, 3.8) is 0 Å². The van der Waals surface area contributed by atoms with Gasteiger partial charge in [0.1, 0.15) is 0 Å². The molecule has 0 aliphatic rings. The van der Waals surface area contributed by atoms with Gasteiger partial charge in [0.15, 0.2) is 0 Å². The summed E-state index contributed by atoms with van der Waals surface area (Å²) in [5.41, 5.74) is -0.00181. The molecule has 74 valence electrons. The fraction of sp³-hybridized carbons (Fsp3) is 1.00. The van der Waals surface area contributed by atoms with Crippen molar-refractivity contribution in [1.29, 1.82) is 0 Å². The Labute approximate surface area is 75.1 Å². The molecule has 12 heavy (non-hydrogen) atoms. The van der Waals surface area contributed by atoms with Gasteiger partial charge < -0.3 is 15.2 Å². The van der Waals surface area contributed by atoms with Crippen molar-refractivity contribution in [3.05, 3.63) is 0 Å². The van der Waals surface area contributed by atoms with Gasteiger partial charge in [-0.2, -0.15) is 0 Å². The summed E-state index contributed by atoms with van der Waals surface area (Å²) in [6, 6.07) is 0. The largest absolute Gasteiger partial charge is 0.396 e. The number of methoxy groups -OCH3 is 1. The highest BCUT2D eigenvalue weighted by Crippen LogP contribution is 2.03. The van der Waals surface area contributed by atoms with E-state index >= 15 is 0 Å². The molecule has 0 rings (SSSR count). The second-order valence-electron chi connectivity index (χ2n) is 3.99. The Morgan fingerprint density at radius 3 is 2.50 bits per heavy atom. The SMILES string of the molecule is COCC(C)(C)NCC(C)CO. The van der Waals surface area contributed by atoms with Gasteiger partial charge in [0.05, 0.1) is 6.61 Å². The van der Waals surface area contributed by atoms with Gasteiger partial charge in [-0.15, -0.1) is 0 Å². The van der Waals surface area contributed by atoms with Gasteiger partial charge in [-0.1, -0.05) is 6.92 Å². The molecular formula is C9H21NO2. The molecule has 0 aliphatic heterocycles. The minimum absolute atomic E-state index is 0.00181. The zero-order chi connectivity index (χ0) is 9.61. The van der Waals surface area contributed by atoms with Crippen molar-refractivity contribution in [2.24, 2.45) is 5.92 Å². The van der Waals surface area contributed by atoms with Crippen molar-refractivity contribution in [2.75, 3.05) is 26.9 Å². The molecule has 0 aromatic carbocycles. The molecule has 0 aromatic rings. The lowest BCUT2D eigenvalue weighted by atomic mass is 10.1. The quantitative estimate of drug-likeness (QED) is 0.622. The predicted octanol–water partition coefficient (Wildman–Crippen LogP) is 0.629. The molecule has 0 bridgehead atoms. The number of rotatable bonds is 6. The smallest absolute Gasteiger partial charge is 0.0639 e. The highest BCUT2D eigenvalue weighted by atomic mass is 16.5. The molecule has 3 nitrogen and oxygen atoms in total. The van der Waals surface area contributed by atoms with Crippen LogP contribution in [0.3, 0.4) is 0 Å². The van der Waals surface area contributed by atoms with Crippen LogP contribution in [-0.4, -0.2) is 37.5 Å². The Bertz CT molecular complexity index is 115. The molecule has 0 heterocycles. The highest BCUT2D eigenvalue weighted by Gasteiger charge is 2.16. The standard InChI is InChI=1S/C9H21NO2/c1-8(6-11)5-10-9(2,3)7-12-4/h8,10-11H,5-7H2,1-4H3. The van der Waals surface area contributed by atoms with Gasteiger partial charge in [0.25, 0.3) is 0 Å². The minimum atomic E-state index is -0.00181. The Hall–Kier alpha value is -0.120. The molecule has 0 aliphatic carbocycles. The lowest BCUT2D eigenvalue weighted by Crippen LogP contribution is -2.45. The van der Waals surface area contributed by atoms with E-state index in [1.165, 1.54) is 0 Å². The second-order valence-corrected chi connectivity index (χ2v) is 3.99. The van der Waals surface area contributed by atoms with Gasteiger partial charge in [-0.25, -0.2) is 0 Å². The van der Waals surface area contributed by atoms with Crippen molar-refractivity contribution in [1.82, 2.24) is 5.32 Å². The Morgan fingerprint density at radius 2 is 2.08 bits per heavy atom. The molecular weight excluding hydrogens is 154 g/mol. The number of aliphatic hydroxyl groups is 1. The molecule has 0 saturated heterocycles. The van der Waals surface area contributed by atoms with Crippen molar-refractivity contribution >= 4 is 0 Å². The van der Waals surface area contributed by atoms with Crippen LogP contribution in [0.2, 0.25) is 0 Å². The maximum absolute atomic E-state index is 8.79. The third-order valence-corrected chi connectivity index (χ3v) is 1.75. The van der Waals surface area contributed by atoms with E-state index in [0.717, 1.165) is 6.54 Å². The van der Waals surface area contributed by atoms with Crippen LogP contribution in [-0.2, 0) is 4.74 Å². The second kappa shape index (κ2) is 5.51. The van der Waals surface area contributed by atoms with Crippen LogP contribution in [0, 0.1) is 5.92 Å². The van der Waals surface area contributed by atoms with Crippen molar-refractivity contribution < 1.29 is 9.84 Å². The monoisotopic (exact) mass is 175 g/mol. The zero-order valence-corrected chi connectivity index (χ0v) is 8.55. The van der Waals surface area contributed by atoms with E-state index in [4.69, 9.17) is 9.84 Å². The molecule has 3 heteroatoms. The van der Waals surface area contributed by atoms with Gasteiger partial charge in [-0.05, 0) is 19.8 Å². The van der Waals surface area contributed by atoms with Gasteiger partial charge in [0.2, 0.25) is 0 Å². The van der Waals surface area contributed by atoms with Crippen LogP contribution in [0.5, 0.6) is 0 Å². The predicted molar refractivity (Wildman–Crippen MR) is 50.2 cm³/mol. The number of ether oxygens (including phenoxy) is 1. The van der Waals surface area contributed by atoms with E-state index in [9.17, 15) is 0 Å². The normalized spacial score (nSPS) is 14.8. The maximum Gasteiger partial charge on any atom is 0.0639 e. The summed E-state index contributed by atoms with van der Waals surface area (Å²) in [6.45, 7) is 7.92. The molecule has 2 N–H and O–H groups in total. The molecule has 1 atom stereocenters. The lowest BCUT2D eigenvalue weighted by Gasteiger charge is -2.26. The maximum atomic E-state index is 8.79. The van der Waals surface area contributed by atoms with E-state index in [-0.39, 0.29) is 12.1 Å². The van der Waals surface area contributed by atoms with E-state index in [1.54, 1.807) is 7.11 Å². The highest BCUT2D eigenvalue weighted by molar-refractivity contribution is 4.77. The lowest BCUT2D eigenvalue weighted by molar-refractivity contribution is 0.122. The molecule has 0 saturated carbocycles. The van der Waals surface area contributed by atoms with Gasteiger partial charge in [-0.3, -0.25) is 0 Å². The fourth-order valence-corrected chi connectivity index (χ4v) is 0.927. The van der Waals surface area contributed by atoms with Crippen LogP contribution in [0.4, 0.5) is 0 Å². The average molecular weight is 175 g/mol. The van der Waals surface area contributed by atoms with Crippen molar-refractivity contribution in [2.45, 2.75) is 26.3 Å². The van der Waals surface area contributed by atoms with Crippen LogP contribution < -0.4 is 5.32 Å². The first kappa shape index (κ1) is 11.9. The van der Waals surface area contributed by atoms with Gasteiger partial charge in [0, 0.05) is 25.8 Å². The first-order valence-corrected chi connectivity index (χ1v) is 4.36. The Morgan fingerprint density at radius 1 is 1.50 bits per heavy atom. The first-order valence-electron chi connectivity index (χ1n) is 4.36. The molecule has 0 amide bonds. The van der Waals surface area contributed by atoms with Gasteiger partial charge >= 0.3 is 0 Å². The number of hydrogen-bond donors (Lipinski definition) is 2. The summed E-state index contributed by atoms with van der Waals surface area (Å²) in [6.07, 6.45) is 0. The van der Waals surface area contributed by atoms with Crippen LogP contribution in [0.15, 0.2) is 0 Å². The third kappa shape index (κ3) is 5.52. The zero-order valence-electron chi connectivity index (χ0n) is 8.55. The average Bonchev–Trinajstić information content (AvgIpc) is 2.00. The summed E-state index contributed by atoms with van der Waals surface area (Å²) in [5, 5.41) is 12.1. The number of nitrogens with one attached hydrogen (secondary N) is 1. The van der Waals surface area contributed by atoms with Crippen LogP contribution in [0.1, 0.15) is 20.8 Å². The van der Waals surface area contributed by atoms with E-state index in [2.05, 4.69) is 19.2 Å². The van der Waals surface area contributed by atoms with Crippen LogP contribution in [0.25, 0.3) is 0 Å². The third-order valence-electron chi connectivity index (χ3n) is 1.75. The molecule has 1 unspecified atom stereocenters. The molecule has 0 fully saturated rings. The molecule has 0 spiro atoms. The summed E-state index contributed by atoms with van der Waals surface area (Å²) in [7, 11) is 1.69. The Kier molecular flexibility index (Phi) is 5.46. The first-order chi connectivity index (χ1) is 5.52. The Balaban J connectivity index is 3.59.